The summed E-state index contributed by atoms with van der Waals surface area (Å²) in [4.78, 5) is 25.9. The molecule has 1 heterocycles. The number of methoxy groups -OCH3 is 1. The maximum Gasteiger partial charge on any atom is 0.339 e. The first-order chi connectivity index (χ1) is 7.04. The summed E-state index contributed by atoms with van der Waals surface area (Å²) in [6.45, 7) is 2.95. The Labute approximate surface area is 87.0 Å². The van der Waals surface area contributed by atoms with Crippen LogP contribution in [0.25, 0.3) is 0 Å². The molecule has 0 aromatic carbocycles. The van der Waals surface area contributed by atoms with Gasteiger partial charge in [0, 0.05) is 6.92 Å². The third-order valence-corrected chi connectivity index (χ3v) is 1.73. The van der Waals surface area contributed by atoms with Crippen LogP contribution < -0.4 is 4.74 Å². The Bertz CT molecular complexity index is 400. The molecule has 0 N–H and O–H groups in total. The van der Waals surface area contributed by atoms with E-state index in [1.54, 1.807) is 6.92 Å². The minimum Gasteiger partial charge on any atom is -0.465 e. The topological polar surface area (TPSA) is 65.5 Å². The number of ether oxygens (including phenoxy) is 2. The summed E-state index contributed by atoms with van der Waals surface area (Å²) in [7, 11) is 1.28. The van der Waals surface area contributed by atoms with E-state index in [-0.39, 0.29) is 11.3 Å². The lowest BCUT2D eigenvalue weighted by atomic mass is 10.2. The molecule has 0 saturated carbocycles. The molecule has 0 spiro atoms. The summed E-state index contributed by atoms with van der Waals surface area (Å²) in [6, 6.07) is 1.43. The maximum absolute atomic E-state index is 11.3. The molecule has 0 atom stereocenters. The fraction of sp³-hybridized carbons (Fsp3) is 0.300. The van der Waals surface area contributed by atoms with Gasteiger partial charge >= 0.3 is 11.9 Å². The first-order valence-corrected chi connectivity index (χ1v) is 4.28. The number of rotatable bonds is 2. The van der Waals surface area contributed by atoms with E-state index in [0.29, 0.717) is 5.69 Å². The Morgan fingerprint density at radius 3 is 2.60 bits per heavy atom. The molecule has 80 valence electrons. The summed E-state index contributed by atoms with van der Waals surface area (Å²) in [5, 5.41) is 0. The van der Waals surface area contributed by atoms with Gasteiger partial charge < -0.3 is 9.47 Å². The van der Waals surface area contributed by atoms with Crippen LogP contribution in [0.2, 0.25) is 0 Å². The number of aromatic nitrogens is 1. The van der Waals surface area contributed by atoms with Crippen LogP contribution in [0.15, 0.2) is 12.3 Å². The van der Waals surface area contributed by atoms with E-state index >= 15 is 0 Å². The Morgan fingerprint density at radius 2 is 2.07 bits per heavy atom. The summed E-state index contributed by atoms with van der Waals surface area (Å²) < 4.78 is 9.35. The van der Waals surface area contributed by atoms with Gasteiger partial charge in [0.15, 0.2) is 0 Å². The second-order valence-electron chi connectivity index (χ2n) is 2.89. The first-order valence-electron chi connectivity index (χ1n) is 4.28. The normalized spacial score (nSPS) is 9.53. The van der Waals surface area contributed by atoms with Gasteiger partial charge in [0.1, 0.15) is 5.75 Å². The van der Waals surface area contributed by atoms with Crippen molar-refractivity contribution in [2.75, 3.05) is 7.11 Å². The predicted octanol–water partition coefficient (Wildman–Crippen LogP) is 1.10. The number of esters is 2. The molecule has 0 amide bonds. The fourth-order valence-electron chi connectivity index (χ4n) is 1.05. The van der Waals surface area contributed by atoms with Gasteiger partial charge in [0.05, 0.1) is 24.6 Å². The standard InChI is InChI=1S/C10H11NO4/c1-6-9(10(13)14-3)4-8(5-11-6)15-7(2)12/h4-5H,1-3H3. The Hall–Kier alpha value is -1.91. The minimum absolute atomic E-state index is 0.230. The number of hydrogen-bond acceptors (Lipinski definition) is 5. The number of aryl methyl sites for hydroxylation is 1. The van der Waals surface area contributed by atoms with Crippen LogP contribution in [-0.2, 0) is 9.53 Å². The molecule has 5 heteroatoms. The molecule has 15 heavy (non-hydrogen) atoms. The highest BCUT2D eigenvalue weighted by atomic mass is 16.5. The summed E-state index contributed by atoms with van der Waals surface area (Å²) in [5.74, 6) is -0.737. The maximum atomic E-state index is 11.3. The number of nitrogens with zero attached hydrogens (tertiary/aromatic N) is 1. The number of hydrogen-bond donors (Lipinski definition) is 0. The zero-order valence-corrected chi connectivity index (χ0v) is 8.73. The average molecular weight is 209 g/mol. The Kier molecular flexibility index (Phi) is 3.38. The van der Waals surface area contributed by atoms with Crippen molar-refractivity contribution in [3.05, 3.63) is 23.5 Å². The van der Waals surface area contributed by atoms with Crippen LogP contribution in [-0.4, -0.2) is 24.0 Å². The van der Waals surface area contributed by atoms with E-state index in [2.05, 4.69) is 9.72 Å². The molecule has 0 aliphatic rings. The molecular weight excluding hydrogens is 198 g/mol. The van der Waals surface area contributed by atoms with Gasteiger partial charge in [-0.2, -0.15) is 0 Å². The molecule has 0 unspecified atom stereocenters. The molecule has 0 aliphatic heterocycles. The van der Waals surface area contributed by atoms with Gasteiger partial charge in [-0.05, 0) is 13.0 Å². The third kappa shape index (κ3) is 2.77. The van der Waals surface area contributed by atoms with E-state index in [4.69, 9.17) is 4.74 Å². The van der Waals surface area contributed by atoms with Crippen molar-refractivity contribution < 1.29 is 19.1 Å². The summed E-state index contributed by atoms with van der Waals surface area (Å²) in [5.41, 5.74) is 0.814. The Balaban J connectivity index is 3.05. The van der Waals surface area contributed by atoms with Crippen molar-refractivity contribution in [1.29, 1.82) is 0 Å². The lowest BCUT2D eigenvalue weighted by molar-refractivity contribution is -0.131. The molecule has 0 saturated heterocycles. The number of pyridine rings is 1. The number of carbonyl (C=O) groups excluding carboxylic acids is 2. The van der Waals surface area contributed by atoms with Crippen molar-refractivity contribution in [1.82, 2.24) is 4.98 Å². The molecule has 0 aliphatic carbocycles. The van der Waals surface area contributed by atoms with E-state index in [0.717, 1.165) is 0 Å². The minimum atomic E-state index is -0.506. The Morgan fingerprint density at radius 1 is 1.40 bits per heavy atom. The monoisotopic (exact) mass is 209 g/mol. The zero-order chi connectivity index (χ0) is 11.4. The quantitative estimate of drug-likeness (QED) is 0.682. The zero-order valence-electron chi connectivity index (χ0n) is 8.73. The molecule has 1 rings (SSSR count). The molecule has 1 aromatic rings. The lowest BCUT2D eigenvalue weighted by Crippen LogP contribution is -2.08. The molecule has 1 aromatic heterocycles. The van der Waals surface area contributed by atoms with E-state index in [1.165, 1.54) is 26.3 Å². The van der Waals surface area contributed by atoms with E-state index < -0.39 is 11.9 Å². The SMILES string of the molecule is COC(=O)c1cc(OC(C)=O)cnc1C. The second kappa shape index (κ2) is 4.54. The van der Waals surface area contributed by atoms with Gasteiger partial charge in [0.2, 0.25) is 0 Å². The van der Waals surface area contributed by atoms with Gasteiger partial charge in [-0.25, -0.2) is 4.79 Å². The molecule has 0 fully saturated rings. The van der Waals surface area contributed by atoms with Crippen LogP contribution in [0.5, 0.6) is 5.75 Å². The first kappa shape index (κ1) is 11.2. The highest BCUT2D eigenvalue weighted by Crippen LogP contribution is 2.15. The van der Waals surface area contributed by atoms with Crippen molar-refractivity contribution in [2.24, 2.45) is 0 Å². The van der Waals surface area contributed by atoms with Crippen molar-refractivity contribution >= 4 is 11.9 Å². The molecule has 0 bridgehead atoms. The highest BCUT2D eigenvalue weighted by Gasteiger charge is 2.12. The molecule has 0 radical (unpaired) electrons. The molecular formula is C10H11NO4. The van der Waals surface area contributed by atoms with Crippen molar-refractivity contribution in [3.63, 3.8) is 0 Å². The van der Waals surface area contributed by atoms with Crippen LogP contribution in [0.1, 0.15) is 23.0 Å². The van der Waals surface area contributed by atoms with Crippen LogP contribution in [0.4, 0.5) is 0 Å². The third-order valence-electron chi connectivity index (χ3n) is 1.73. The second-order valence-corrected chi connectivity index (χ2v) is 2.89. The van der Waals surface area contributed by atoms with E-state index in [9.17, 15) is 9.59 Å². The molecule has 5 nitrogen and oxygen atoms in total. The average Bonchev–Trinajstić information content (AvgIpc) is 2.19. The van der Waals surface area contributed by atoms with Gasteiger partial charge in [-0.3, -0.25) is 9.78 Å². The van der Waals surface area contributed by atoms with Crippen LogP contribution in [0.3, 0.4) is 0 Å². The highest BCUT2D eigenvalue weighted by molar-refractivity contribution is 5.91. The van der Waals surface area contributed by atoms with Crippen LogP contribution in [0, 0.1) is 6.92 Å². The van der Waals surface area contributed by atoms with Gasteiger partial charge in [-0.15, -0.1) is 0 Å². The van der Waals surface area contributed by atoms with Gasteiger partial charge in [0.25, 0.3) is 0 Å². The summed E-state index contributed by atoms with van der Waals surface area (Å²) >= 11 is 0. The van der Waals surface area contributed by atoms with Crippen LogP contribution >= 0.6 is 0 Å². The summed E-state index contributed by atoms with van der Waals surface area (Å²) in [6.07, 6.45) is 1.38. The van der Waals surface area contributed by atoms with Gasteiger partial charge in [-0.1, -0.05) is 0 Å². The van der Waals surface area contributed by atoms with Crippen molar-refractivity contribution in [2.45, 2.75) is 13.8 Å². The van der Waals surface area contributed by atoms with Crippen molar-refractivity contribution in [3.8, 4) is 5.75 Å². The predicted molar refractivity (Wildman–Crippen MR) is 51.6 cm³/mol. The lowest BCUT2D eigenvalue weighted by Gasteiger charge is -2.05. The fourth-order valence-corrected chi connectivity index (χ4v) is 1.05. The largest absolute Gasteiger partial charge is 0.465 e. The number of carbonyl (C=O) groups is 2. The smallest absolute Gasteiger partial charge is 0.339 e. The van der Waals surface area contributed by atoms with E-state index in [1.807, 2.05) is 0 Å².